The minimum Gasteiger partial charge on any atom is -0.269 e. The van der Waals surface area contributed by atoms with Gasteiger partial charge in [-0.3, -0.25) is 9.69 Å². The topological polar surface area (TPSA) is 33.2 Å². The van der Waals surface area contributed by atoms with E-state index in [0.717, 1.165) is 11.4 Å². The molecule has 0 fully saturated rings. The molecule has 86 valence electrons. The summed E-state index contributed by atoms with van der Waals surface area (Å²) in [5.74, 6) is -0.175. The van der Waals surface area contributed by atoms with E-state index in [9.17, 15) is 4.79 Å². The Labute approximate surface area is 104 Å². The van der Waals surface area contributed by atoms with Crippen molar-refractivity contribution in [3.63, 3.8) is 0 Å². The highest BCUT2D eigenvalue weighted by atomic mass is 32.1. The SMILES string of the molecule is C=CC(=O)N(c1ccccc1)c1nc(C)cs1. The van der Waals surface area contributed by atoms with E-state index in [1.54, 1.807) is 4.90 Å². The van der Waals surface area contributed by atoms with Crippen LogP contribution in [0.25, 0.3) is 0 Å². The number of hydrogen-bond acceptors (Lipinski definition) is 3. The number of aryl methyl sites for hydroxylation is 1. The Kier molecular flexibility index (Phi) is 3.35. The third-order valence-corrected chi connectivity index (χ3v) is 3.15. The van der Waals surface area contributed by atoms with Gasteiger partial charge in [-0.15, -0.1) is 11.3 Å². The largest absolute Gasteiger partial charge is 0.269 e. The van der Waals surface area contributed by atoms with Crippen molar-refractivity contribution in [2.24, 2.45) is 0 Å². The van der Waals surface area contributed by atoms with Crippen molar-refractivity contribution in [1.29, 1.82) is 0 Å². The van der Waals surface area contributed by atoms with Crippen LogP contribution in [0.15, 0.2) is 48.4 Å². The highest BCUT2D eigenvalue weighted by Gasteiger charge is 2.17. The molecule has 0 saturated heterocycles. The predicted molar refractivity (Wildman–Crippen MR) is 70.6 cm³/mol. The fourth-order valence-corrected chi connectivity index (χ4v) is 2.27. The maximum Gasteiger partial charge on any atom is 0.256 e. The minimum absolute atomic E-state index is 0.175. The van der Waals surface area contributed by atoms with Crippen molar-refractivity contribution in [2.75, 3.05) is 4.90 Å². The average Bonchev–Trinajstić information content (AvgIpc) is 2.77. The molecule has 0 spiro atoms. The van der Waals surface area contributed by atoms with E-state index in [-0.39, 0.29) is 5.91 Å². The van der Waals surface area contributed by atoms with Crippen molar-refractivity contribution in [2.45, 2.75) is 6.92 Å². The number of nitrogens with zero attached hydrogens (tertiary/aromatic N) is 2. The zero-order chi connectivity index (χ0) is 12.3. The maximum atomic E-state index is 11.9. The number of rotatable bonds is 3. The van der Waals surface area contributed by atoms with Gasteiger partial charge in [0.2, 0.25) is 0 Å². The lowest BCUT2D eigenvalue weighted by molar-refractivity contribution is -0.113. The van der Waals surface area contributed by atoms with Crippen LogP contribution < -0.4 is 4.90 Å². The lowest BCUT2D eigenvalue weighted by Crippen LogP contribution is -2.23. The molecule has 1 heterocycles. The molecule has 4 heteroatoms. The minimum atomic E-state index is -0.175. The van der Waals surface area contributed by atoms with Crippen molar-refractivity contribution in [1.82, 2.24) is 4.98 Å². The summed E-state index contributed by atoms with van der Waals surface area (Å²) in [6.45, 7) is 5.43. The molecular formula is C13H12N2OS. The number of aromatic nitrogens is 1. The van der Waals surface area contributed by atoms with E-state index in [0.29, 0.717) is 5.13 Å². The van der Waals surface area contributed by atoms with Gasteiger partial charge in [-0.2, -0.15) is 0 Å². The highest BCUT2D eigenvalue weighted by Crippen LogP contribution is 2.28. The Morgan fingerprint density at radius 2 is 2.12 bits per heavy atom. The average molecular weight is 244 g/mol. The van der Waals surface area contributed by atoms with Crippen LogP contribution in [0.4, 0.5) is 10.8 Å². The van der Waals surface area contributed by atoms with Gasteiger partial charge in [0.15, 0.2) is 5.13 Å². The van der Waals surface area contributed by atoms with Crippen LogP contribution in [-0.2, 0) is 4.79 Å². The fourth-order valence-electron chi connectivity index (χ4n) is 1.44. The van der Waals surface area contributed by atoms with Crippen molar-refractivity contribution < 1.29 is 4.79 Å². The van der Waals surface area contributed by atoms with Crippen LogP contribution >= 0.6 is 11.3 Å². The molecule has 0 aliphatic carbocycles. The molecule has 0 saturated carbocycles. The molecule has 2 aromatic rings. The normalized spacial score (nSPS) is 9.94. The van der Waals surface area contributed by atoms with Gasteiger partial charge in [0.05, 0.1) is 11.4 Å². The summed E-state index contributed by atoms with van der Waals surface area (Å²) < 4.78 is 0. The molecule has 17 heavy (non-hydrogen) atoms. The highest BCUT2D eigenvalue weighted by molar-refractivity contribution is 7.14. The first kappa shape index (κ1) is 11.5. The molecule has 0 aliphatic heterocycles. The van der Waals surface area contributed by atoms with Gasteiger partial charge < -0.3 is 0 Å². The summed E-state index contributed by atoms with van der Waals surface area (Å²) in [6, 6.07) is 9.43. The Bertz CT molecular complexity index is 533. The van der Waals surface area contributed by atoms with Gasteiger partial charge in [-0.25, -0.2) is 4.98 Å². The number of hydrogen-bond donors (Lipinski definition) is 0. The number of para-hydroxylation sites is 1. The van der Waals surface area contributed by atoms with Crippen LogP contribution in [0.1, 0.15) is 5.69 Å². The molecule has 3 nitrogen and oxygen atoms in total. The second-order valence-electron chi connectivity index (χ2n) is 3.48. The van der Waals surface area contributed by atoms with E-state index in [4.69, 9.17) is 0 Å². The Morgan fingerprint density at radius 1 is 1.41 bits per heavy atom. The summed E-state index contributed by atoms with van der Waals surface area (Å²) in [5, 5.41) is 2.58. The molecule has 1 aromatic carbocycles. The second kappa shape index (κ2) is 4.93. The van der Waals surface area contributed by atoms with Gasteiger partial charge in [0.25, 0.3) is 5.91 Å². The summed E-state index contributed by atoms with van der Waals surface area (Å²) in [6.07, 6.45) is 1.30. The Hall–Kier alpha value is -1.94. The lowest BCUT2D eigenvalue weighted by Gasteiger charge is -2.17. The standard InChI is InChI=1S/C13H12N2OS/c1-3-12(16)15(11-7-5-4-6-8-11)13-14-10(2)9-17-13/h3-9H,1H2,2H3. The van der Waals surface area contributed by atoms with Gasteiger partial charge >= 0.3 is 0 Å². The maximum absolute atomic E-state index is 11.9. The summed E-state index contributed by atoms with van der Waals surface area (Å²) in [4.78, 5) is 17.8. The molecular weight excluding hydrogens is 232 g/mol. The van der Waals surface area contributed by atoms with Crippen LogP contribution in [0.5, 0.6) is 0 Å². The molecule has 0 unspecified atom stereocenters. The summed E-state index contributed by atoms with van der Waals surface area (Å²) in [7, 11) is 0. The molecule has 1 aromatic heterocycles. The number of anilines is 2. The molecule has 0 N–H and O–H groups in total. The van der Waals surface area contributed by atoms with E-state index >= 15 is 0 Å². The summed E-state index contributed by atoms with van der Waals surface area (Å²) in [5.41, 5.74) is 1.70. The van der Waals surface area contributed by atoms with E-state index in [1.807, 2.05) is 42.6 Å². The molecule has 0 aliphatic rings. The zero-order valence-electron chi connectivity index (χ0n) is 9.46. The lowest BCUT2D eigenvalue weighted by atomic mass is 10.3. The van der Waals surface area contributed by atoms with Gasteiger partial charge in [-0.1, -0.05) is 24.8 Å². The van der Waals surface area contributed by atoms with E-state index in [2.05, 4.69) is 11.6 Å². The second-order valence-corrected chi connectivity index (χ2v) is 4.32. The van der Waals surface area contributed by atoms with Crippen LogP contribution in [0, 0.1) is 6.92 Å². The van der Waals surface area contributed by atoms with Crippen LogP contribution in [0.3, 0.4) is 0 Å². The quantitative estimate of drug-likeness (QED) is 0.776. The molecule has 0 atom stereocenters. The third-order valence-electron chi connectivity index (χ3n) is 2.21. The van der Waals surface area contributed by atoms with Crippen LogP contribution in [0.2, 0.25) is 0 Å². The Balaban J connectivity index is 2.46. The number of amides is 1. The molecule has 0 radical (unpaired) electrons. The van der Waals surface area contributed by atoms with E-state index in [1.165, 1.54) is 17.4 Å². The van der Waals surface area contributed by atoms with Gasteiger partial charge in [0.1, 0.15) is 0 Å². The summed E-state index contributed by atoms with van der Waals surface area (Å²) >= 11 is 1.44. The first-order valence-electron chi connectivity index (χ1n) is 5.16. The monoisotopic (exact) mass is 244 g/mol. The predicted octanol–water partition coefficient (Wildman–Crippen LogP) is 3.30. The molecule has 1 amide bonds. The van der Waals surface area contributed by atoms with E-state index < -0.39 is 0 Å². The smallest absolute Gasteiger partial charge is 0.256 e. The third kappa shape index (κ3) is 2.42. The molecule has 2 rings (SSSR count). The number of carbonyl (C=O) groups is 1. The number of thiazole rings is 1. The first-order valence-corrected chi connectivity index (χ1v) is 6.04. The fraction of sp³-hybridized carbons (Fsp3) is 0.0769. The van der Waals surface area contributed by atoms with Crippen molar-refractivity contribution >= 4 is 28.1 Å². The zero-order valence-corrected chi connectivity index (χ0v) is 10.3. The first-order chi connectivity index (χ1) is 8.22. The van der Waals surface area contributed by atoms with Gasteiger partial charge in [0, 0.05) is 5.38 Å². The number of benzene rings is 1. The number of carbonyl (C=O) groups excluding carboxylic acids is 1. The van der Waals surface area contributed by atoms with Crippen LogP contribution in [-0.4, -0.2) is 10.9 Å². The molecule has 0 bridgehead atoms. The van der Waals surface area contributed by atoms with Crippen molar-refractivity contribution in [3.8, 4) is 0 Å². The van der Waals surface area contributed by atoms with Crippen molar-refractivity contribution in [3.05, 3.63) is 54.1 Å². The Morgan fingerprint density at radius 3 is 2.65 bits per heavy atom. The van der Waals surface area contributed by atoms with Gasteiger partial charge in [-0.05, 0) is 25.1 Å².